The lowest BCUT2D eigenvalue weighted by atomic mass is 10.0. The summed E-state index contributed by atoms with van der Waals surface area (Å²) < 4.78 is 38.7. The van der Waals surface area contributed by atoms with Crippen molar-refractivity contribution >= 4 is 34.2 Å². The van der Waals surface area contributed by atoms with Crippen molar-refractivity contribution in [3.8, 4) is 22.9 Å². The highest BCUT2D eigenvalue weighted by atomic mass is 35.5. The first-order valence-corrected chi connectivity index (χ1v) is 13.0. The molecule has 208 valence electrons. The molecular formula is C28H27ClF2N6O3. The minimum Gasteiger partial charge on any atom is -0.507 e. The lowest BCUT2D eigenvalue weighted by molar-refractivity contribution is -0.128. The minimum atomic E-state index is -0.924. The molecule has 12 heteroatoms. The molecule has 9 nitrogen and oxygen atoms in total. The molecule has 2 atom stereocenters. The maximum atomic E-state index is 16.2. The predicted octanol–water partition coefficient (Wildman–Crippen LogP) is 4.82. The average Bonchev–Trinajstić information content (AvgIpc) is 3.44. The molecule has 0 bridgehead atoms. The van der Waals surface area contributed by atoms with E-state index in [-0.39, 0.29) is 57.7 Å². The molecule has 0 unspecified atom stereocenters. The van der Waals surface area contributed by atoms with Crippen molar-refractivity contribution in [1.82, 2.24) is 24.4 Å². The SMILES string of the molecule is C=CC(=O)N1C[C@H](C)N(c2nc(OCCn3ccnc3)nc3c(F)c(-c4c(O)cccc4F)c(Cl)cc23)C[C@H]1C. The third-order valence-corrected chi connectivity index (χ3v) is 7.24. The molecule has 1 amide bonds. The molecule has 0 saturated carbocycles. The number of phenols is 1. The van der Waals surface area contributed by atoms with E-state index in [1.165, 1.54) is 24.3 Å². The van der Waals surface area contributed by atoms with Crippen molar-refractivity contribution in [2.45, 2.75) is 32.5 Å². The Morgan fingerprint density at radius 3 is 2.73 bits per heavy atom. The number of halogens is 3. The van der Waals surface area contributed by atoms with E-state index in [9.17, 15) is 14.3 Å². The molecular weight excluding hydrogens is 542 g/mol. The number of fused-ring (bicyclic) bond motifs is 1. The molecule has 5 rings (SSSR count). The van der Waals surface area contributed by atoms with Crippen LogP contribution in [0.25, 0.3) is 22.0 Å². The topological polar surface area (TPSA) is 96.6 Å². The maximum absolute atomic E-state index is 16.2. The summed E-state index contributed by atoms with van der Waals surface area (Å²) in [6, 6.07) is 4.63. The van der Waals surface area contributed by atoms with E-state index in [2.05, 4.69) is 21.5 Å². The van der Waals surface area contributed by atoms with Crippen LogP contribution >= 0.6 is 11.6 Å². The molecule has 1 aliphatic heterocycles. The largest absolute Gasteiger partial charge is 0.507 e. The van der Waals surface area contributed by atoms with Crippen LogP contribution in [0.15, 0.2) is 55.6 Å². The molecule has 2 aromatic heterocycles. The quantitative estimate of drug-likeness (QED) is 0.319. The van der Waals surface area contributed by atoms with Crippen LogP contribution in [0.5, 0.6) is 11.8 Å². The van der Waals surface area contributed by atoms with E-state index in [1.807, 2.05) is 18.7 Å². The van der Waals surface area contributed by atoms with Crippen LogP contribution in [0.3, 0.4) is 0 Å². The zero-order chi connectivity index (χ0) is 28.6. The van der Waals surface area contributed by atoms with Gasteiger partial charge in [-0.15, -0.1) is 0 Å². The van der Waals surface area contributed by atoms with Gasteiger partial charge >= 0.3 is 6.01 Å². The number of aromatic nitrogens is 4. The van der Waals surface area contributed by atoms with Crippen molar-refractivity contribution in [2.24, 2.45) is 0 Å². The summed E-state index contributed by atoms with van der Waals surface area (Å²) in [6.45, 7) is 8.80. The number of carbonyl (C=O) groups is 1. The monoisotopic (exact) mass is 568 g/mol. The molecule has 1 aliphatic rings. The number of nitrogens with zero attached hydrogens (tertiary/aromatic N) is 6. The van der Waals surface area contributed by atoms with E-state index in [0.29, 0.717) is 25.5 Å². The van der Waals surface area contributed by atoms with Crippen molar-refractivity contribution in [3.05, 3.63) is 72.3 Å². The number of benzene rings is 2. The molecule has 1 fully saturated rings. The summed E-state index contributed by atoms with van der Waals surface area (Å²) in [6.07, 6.45) is 6.33. The van der Waals surface area contributed by atoms with Crippen molar-refractivity contribution in [1.29, 1.82) is 0 Å². The number of imidazole rings is 1. The van der Waals surface area contributed by atoms with Crippen molar-refractivity contribution < 1.29 is 23.4 Å². The third kappa shape index (κ3) is 5.04. The number of amides is 1. The van der Waals surface area contributed by atoms with Crippen LogP contribution in [0.4, 0.5) is 14.6 Å². The van der Waals surface area contributed by atoms with E-state index in [4.69, 9.17) is 16.3 Å². The van der Waals surface area contributed by atoms with Gasteiger partial charge in [0.15, 0.2) is 5.82 Å². The summed E-state index contributed by atoms with van der Waals surface area (Å²) >= 11 is 6.53. The second-order valence-electron chi connectivity index (χ2n) is 9.60. The predicted molar refractivity (Wildman–Crippen MR) is 147 cm³/mol. The fourth-order valence-electron chi connectivity index (χ4n) is 4.94. The van der Waals surface area contributed by atoms with Crippen LogP contribution in [-0.4, -0.2) is 67.2 Å². The number of ether oxygens (including phenoxy) is 1. The highest BCUT2D eigenvalue weighted by molar-refractivity contribution is 6.34. The summed E-state index contributed by atoms with van der Waals surface area (Å²) in [7, 11) is 0. The first-order chi connectivity index (χ1) is 19.2. The Bertz CT molecular complexity index is 1560. The molecule has 3 heterocycles. The minimum absolute atomic E-state index is 0.0861. The van der Waals surface area contributed by atoms with Gasteiger partial charge in [0.1, 0.15) is 29.5 Å². The number of aromatic hydroxyl groups is 1. The van der Waals surface area contributed by atoms with Gasteiger partial charge in [0.05, 0.1) is 23.5 Å². The number of hydrogen-bond donors (Lipinski definition) is 1. The molecule has 40 heavy (non-hydrogen) atoms. The van der Waals surface area contributed by atoms with Crippen LogP contribution < -0.4 is 9.64 Å². The van der Waals surface area contributed by atoms with E-state index >= 15 is 4.39 Å². The van der Waals surface area contributed by atoms with Crippen LogP contribution in [0.1, 0.15) is 13.8 Å². The fourth-order valence-corrected chi connectivity index (χ4v) is 5.23. The number of carbonyl (C=O) groups excluding carboxylic acids is 1. The molecule has 0 radical (unpaired) electrons. The van der Waals surface area contributed by atoms with Gasteiger partial charge < -0.3 is 24.2 Å². The van der Waals surface area contributed by atoms with Gasteiger partial charge in [-0.1, -0.05) is 24.2 Å². The molecule has 1 saturated heterocycles. The van der Waals surface area contributed by atoms with Gasteiger partial charge in [-0.2, -0.15) is 9.97 Å². The van der Waals surface area contributed by atoms with E-state index in [0.717, 1.165) is 6.07 Å². The Morgan fingerprint density at radius 1 is 1.23 bits per heavy atom. The van der Waals surface area contributed by atoms with E-state index < -0.39 is 17.4 Å². The zero-order valence-electron chi connectivity index (χ0n) is 21.9. The van der Waals surface area contributed by atoms with Gasteiger partial charge in [0.25, 0.3) is 0 Å². The first-order valence-electron chi connectivity index (χ1n) is 12.6. The van der Waals surface area contributed by atoms with Gasteiger partial charge in [0, 0.05) is 48.5 Å². The Morgan fingerprint density at radius 2 is 2.02 bits per heavy atom. The van der Waals surface area contributed by atoms with Crippen LogP contribution in [0, 0.1) is 11.6 Å². The number of piperazine rings is 1. The summed E-state index contributed by atoms with van der Waals surface area (Å²) in [5, 5.41) is 10.5. The molecule has 2 aromatic carbocycles. The van der Waals surface area contributed by atoms with Gasteiger partial charge in [0.2, 0.25) is 5.91 Å². The number of phenolic OH excluding ortho intramolecular Hbond substituents is 1. The molecule has 1 N–H and O–H groups in total. The highest BCUT2D eigenvalue weighted by Gasteiger charge is 2.34. The standard InChI is InChI=1S/C28H27ClF2N6O3/c1-4-22(39)36-13-17(3)37(14-16(36)2)27-18-12-19(29)23(24-20(30)6-5-7-21(24)38)25(31)26(18)33-28(34-27)40-11-10-35-9-8-32-15-35/h4-9,12,15-17,38H,1,10-11,13-14H2,2-3H3/t16-,17+/m1/s1. The highest BCUT2D eigenvalue weighted by Crippen LogP contribution is 2.43. The average molecular weight is 569 g/mol. The first kappa shape index (κ1) is 27.3. The Labute approximate surface area is 234 Å². The Kier molecular flexibility index (Phi) is 7.57. The van der Waals surface area contributed by atoms with Gasteiger partial charge in [-0.25, -0.2) is 13.8 Å². The van der Waals surface area contributed by atoms with E-state index in [1.54, 1.807) is 28.2 Å². The smallest absolute Gasteiger partial charge is 0.319 e. The number of rotatable bonds is 7. The van der Waals surface area contributed by atoms with Gasteiger partial charge in [-0.3, -0.25) is 4.79 Å². The van der Waals surface area contributed by atoms with Gasteiger partial charge in [-0.05, 0) is 38.1 Å². The van der Waals surface area contributed by atoms with Crippen LogP contribution in [-0.2, 0) is 11.3 Å². The molecule has 0 aliphatic carbocycles. The summed E-state index contributed by atoms with van der Waals surface area (Å²) in [5.41, 5.74) is -0.830. The second kappa shape index (κ2) is 11.1. The maximum Gasteiger partial charge on any atom is 0.319 e. The lowest BCUT2D eigenvalue weighted by Crippen LogP contribution is -2.58. The normalized spacial score (nSPS) is 17.3. The second-order valence-corrected chi connectivity index (χ2v) is 10.0. The molecule has 4 aromatic rings. The fraction of sp³-hybridized carbons (Fsp3) is 0.286. The molecule has 0 spiro atoms. The number of hydrogen-bond acceptors (Lipinski definition) is 7. The Balaban J connectivity index is 1.63. The van der Waals surface area contributed by atoms with Crippen molar-refractivity contribution in [2.75, 3.05) is 24.6 Å². The third-order valence-electron chi connectivity index (χ3n) is 6.94. The number of anilines is 1. The lowest BCUT2D eigenvalue weighted by Gasteiger charge is -2.44. The zero-order valence-corrected chi connectivity index (χ0v) is 22.6. The van der Waals surface area contributed by atoms with Crippen LogP contribution in [0.2, 0.25) is 5.02 Å². The summed E-state index contributed by atoms with van der Waals surface area (Å²) in [5.74, 6) is -2.04. The van der Waals surface area contributed by atoms with Crippen molar-refractivity contribution in [3.63, 3.8) is 0 Å². The Hall–Kier alpha value is -4.25. The summed E-state index contributed by atoms with van der Waals surface area (Å²) in [4.78, 5) is 29.0.